The van der Waals surface area contributed by atoms with Crippen molar-refractivity contribution in [3.63, 3.8) is 0 Å². The average molecular weight is 285 g/mol. The van der Waals surface area contributed by atoms with E-state index in [0.29, 0.717) is 0 Å². The van der Waals surface area contributed by atoms with Gasteiger partial charge in [-0.05, 0) is 36.6 Å². The summed E-state index contributed by atoms with van der Waals surface area (Å²) in [5.74, 6) is 0. The van der Waals surface area contributed by atoms with E-state index in [9.17, 15) is 5.11 Å². The number of rotatable bonds is 4. The van der Waals surface area contributed by atoms with E-state index in [1.807, 2.05) is 18.4 Å². The van der Waals surface area contributed by atoms with Crippen LogP contribution in [-0.4, -0.2) is 26.5 Å². The van der Waals surface area contributed by atoms with E-state index in [1.54, 1.807) is 36.2 Å². The molecule has 0 amide bonds. The Morgan fingerprint density at radius 3 is 2.59 bits per heavy atom. The number of aliphatic hydroxyl groups excluding tert-OH is 1. The van der Waals surface area contributed by atoms with E-state index in [4.69, 9.17) is 0 Å². The minimum Gasteiger partial charge on any atom is -0.389 e. The first-order valence-corrected chi connectivity index (χ1v) is 7.74. The van der Waals surface area contributed by atoms with Gasteiger partial charge in [0.15, 0.2) is 8.68 Å². The lowest BCUT2D eigenvalue weighted by Crippen LogP contribution is -1.91. The normalized spacial score (nSPS) is 12.6. The van der Waals surface area contributed by atoms with E-state index in [0.717, 1.165) is 19.3 Å². The van der Waals surface area contributed by atoms with Crippen LogP contribution in [-0.2, 0) is 0 Å². The first-order chi connectivity index (χ1) is 8.19. The fourth-order valence-corrected chi connectivity index (χ4v) is 3.43. The molecule has 0 fully saturated rings. The molecule has 17 heavy (non-hydrogen) atoms. The van der Waals surface area contributed by atoms with Gasteiger partial charge < -0.3 is 5.11 Å². The molecule has 0 aliphatic rings. The summed E-state index contributed by atoms with van der Waals surface area (Å²) >= 11 is 4.62. The van der Waals surface area contributed by atoms with Gasteiger partial charge in [-0.15, -0.1) is 10.2 Å². The molecule has 0 spiro atoms. The van der Waals surface area contributed by atoms with Crippen LogP contribution >= 0.6 is 34.9 Å². The highest BCUT2D eigenvalue weighted by Gasteiger charge is 2.07. The van der Waals surface area contributed by atoms with Crippen molar-refractivity contribution in [1.29, 1.82) is 0 Å². The van der Waals surface area contributed by atoms with Gasteiger partial charge in [0.1, 0.15) is 5.03 Å². The molecule has 0 aliphatic heterocycles. The minimum atomic E-state index is -0.480. The van der Waals surface area contributed by atoms with Gasteiger partial charge in [-0.3, -0.25) is 0 Å². The monoisotopic (exact) mass is 285 g/mol. The molecule has 2 aromatic rings. The van der Waals surface area contributed by atoms with E-state index < -0.39 is 6.10 Å². The summed E-state index contributed by atoms with van der Waals surface area (Å²) in [4.78, 5) is 4.27. The summed E-state index contributed by atoms with van der Waals surface area (Å²) in [6.07, 6.45) is 3.18. The highest BCUT2D eigenvalue weighted by Crippen LogP contribution is 2.31. The smallest absolute Gasteiger partial charge is 0.181 e. The Hall–Kier alpha value is -0.630. The third kappa shape index (κ3) is 3.41. The third-order valence-corrected chi connectivity index (χ3v) is 4.90. The molecule has 90 valence electrons. The topological polar surface area (TPSA) is 58.9 Å². The van der Waals surface area contributed by atoms with Crippen LogP contribution in [0.3, 0.4) is 0 Å². The van der Waals surface area contributed by atoms with Gasteiger partial charge in [0.25, 0.3) is 0 Å². The minimum absolute atomic E-state index is 0.480. The maximum atomic E-state index is 9.37. The van der Waals surface area contributed by atoms with E-state index in [1.165, 1.54) is 11.8 Å². The number of thioether (sulfide) groups is 1. The lowest BCUT2D eigenvalue weighted by molar-refractivity contribution is 0.198. The largest absolute Gasteiger partial charge is 0.389 e. The van der Waals surface area contributed by atoms with E-state index in [2.05, 4.69) is 15.2 Å². The summed E-state index contributed by atoms with van der Waals surface area (Å²) in [5, 5.41) is 18.3. The van der Waals surface area contributed by atoms with Gasteiger partial charge in [-0.25, -0.2) is 4.98 Å². The van der Waals surface area contributed by atoms with Crippen molar-refractivity contribution < 1.29 is 5.11 Å². The van der Waals surface area contributed by atoms with Gasteiger partial charge in [0.2, 0.25) is 0 Å². The molecule has 0 saturated heterocycles. The van der Waals surface area contributed by atoms with Crippen molar-refractivity contribution in [2.45, 2.75) is 26.7 Å². The fourth-order valence-electron chi connectivity index (χ4n) is 1.11. The molecule has 0 aliphatic carbocycles. The molecule has 0 saturated carbocycles. The molecule has 1 N–H and O–H groups in total. The van der Waals surface area contributed by atoms with Crippen molar-refractivity contribution in [3.8, 4) is 0 Å². The predicted molar refractivity (Wildman–Crippen MR) is 70.7 cm³/mol. The highest BCUT2D eigenvalue weighted by atomic mass is 32.2. The Kier molecular flexibility index (Phi) is 4.38. The molecule has 2 heterocycles. The van der Waals surface area contributed by atoms with Crippen molar-refractivity contribution in [1.82, 2.24) is 15.2 Å². The average Bonchev–Trinajstić information content (AvgIpc) is 2.77. The van der Waals surface area contributed by atoms with Gasteiger partial charge in [-0.1, -0.05) is 29.2 Å². The van der Waals surface area contributed by atoms with Crippen LogP contribution in [0.2, 0.25) is 0 Å². The summed E-state index contributed by atoms with van der Waals surface area (Å²) in [5.41, 5.74) is 0.816. The summed E-state index contributed by atoms with van der Waals surface area (Å²) in [7, 11) is 0. The molecular formula is C10H11N3OS3. The molecule has 2 rings (SSSR count). The molecule has 0 radical (unpaired) electrons. The predicted octanol–water partition coefficient (Wildman–Crippen LogP) is 2.86. The number of aliphatic hydroxyl groups is 1. The van der Waals surface area contributed by atoms with Crippen LogP contribution in [0.1, 0.15) is 18.6 Å². The van der Waals surface area contributed by atoms with Crippen LogP contribution in [0.4, 0.5) is 0 Å². The second-order valence-electron chi connectivity index (χ2n) is 3.25. The molecule has 1 atom stereocenters. The van der Waals surface area contributed by atoms with Crippen LogP contribution in [0.25, 0.3) is 0 Å². The number of nitrogens with zero attached hydrogens (tertiary/aromatic N) is 3. The molecule has 0 unspecified atom stereocenters. The molecular weight excluding hydrogens is 274 g/mol. The third-order valence-electron chi connectivity index (χ3n) is 2.00. The van der Waals surface area contributed by atoms with Crippen LogP contribution < -0.4 is 0 Å². The second kappa shape index (κ2) is 5.81. The molecule has 0 aromatic carbocycles. The number of hydrogen-bond acceptors (Lipinski definition) is 7. The van der Waals surface area contributed by atoms with E-state index in [-0.39, 0.29) is 0 Å². The maximum absolute atomic E-state index is 9.37. The van der Waals surface area contributed by atoms with Crippen molar-refractivity contribution >= 4 is 34.9 Å². The summed E-state index contributed by atoms with van der Waals surface area (Å²) in [6.45, 7) is 1.72. The first kappa shape index (κ1) is 12.8. The van der Waals surface area contributed by atoms with Gasteiger partial charge in [-0.2, -0.15) is 0 Å². The highest BCUT2D eigenvalue weighted by molar-refractivity contribution is 8.02. The first-order valence-electron chi connectivity index (χ1n) is 4.88. The van der Waals surface area contributed by atoms with Gasteiger partial charge in [0, 0.05) is 6.20 Å². The SMILES string of the molecule is CSc1nnc(Sc2ccc([C@@H](C)O)cn2)s1. The maximum Gasteiger partial charge on any atom is 0.181 e. The second-order valence-corrected chi connectivity index (χ2v) is 6.54. The zero-order valence-corrected chi connectivity index (χ0v) is 11.8. The van der Waals surface area contributed by atoms with Crippen molar-refractivity contribution in [2.24, 2.45) is 0 Å². The van der Waals surface area contributed by atoms with Crippen molar-refractivity contribution in [3.05, 3.63) is 23.9 Å². The number of pyridine rings is 1. The molecule has 2 aromatic heterocycles. The Morgan fingerprint density at radius 2 is 2.06 bits per heavy atom. The van der Waals surface area contributed by atoms with Crippen LogP contribution in [0, 0.1) is 0 Å². The lowest BCUT2D eigenvalue weighted by atomic mass is 10.2. The molecule has 4 nitrogen and oxygen atoms in total. The molecule has 7 heteroatoms. The Morgan fingerprint density at radius 1 is 1.29 bits per heavy atom. The Balaban J connectivity index is 2.08. The van der Waals surface area contributed by atoms with Gasteiger partial charge >= 0.3 is 0 Å². The van der Waals surface area contributed by atoms with Crippen LogP contribution in [0.15, 0.2) is 32.0 Å². The van der Waals surface area contributed by atoms with Gasteiger partial charge in [0.05, 0.1) is 6.10 Å². The quantitative estimate of drug-likeness (QED) is 0.872. The molecule has 0 bridgehead atoms. The van der Waals surface area contributed by atoms with Crippen molar-refractivity contribution in [2.75, 3.05) is 6.26 Å². The zero-order valence-electron chi connectivity index (χ0n) is 9.32. The standard InChI is InChI=1S/C10H11N3OS3/c1-6(14)7-3-4-8(11-5-7)16-10-13-12-9(15-2)17-10/h3-6,14H,1-2H3/t6-/m1/s1. The van der Waals surface area contributed by atoms with Crippen LogP contribution in [0.5, 0.6) is 0 Å². The lowest BCUT2D eigenvalue weighted by Gasteiger charge is -2.03. The number of aromatic nitrogens is 3. The number of hydrogen-bond donors (Lipinski definition) is 1. The zero-order chi connectivity index (χ0) is 12.3. The van der Waals surface area contributed by atoms with E-state index >= 15 is 0 Å². The fraction of sp³-hybridized carbons (Fsp3) is 0.300. The summed E-state index contributed by atoms with van der Waals surface area (Å²) < 4.78 is 1.83. The summed E-state index contributed by atoms with van der Waals surface area (Å²) in [6, 6.07) is 3.75. The Bertz CT molecular complexity index is 484. The Labute approximate surface area is 112 Å².